The second kappa shape index (κ2) is 16.8. The highest BCUT2D eigenvalue weighted by atomic mass is 14.0. The summed E-state index contributed by atoms with van der Waals surface area (Å²) >= 11 is 0. The van der Waals surface area contributed by atoms with E-state index in [-0.39, 0.29) is 0 Å². The summed E-state index contributed by atoms with van der Waals surface area (Å²) < 4.78 is 0. The van der Waals surface area contributed by atoms with Crippen LogP contribution in [0.4, 0.5) is 0 Å². The van der Waals surface area contributed by atoms with E-state index in [9.17, 15) is 0 Å². The third kappa shape index (κ3) is 15.8. The predicted octanol–water partition coefficient (Wildman–Crippen LogP) is 7.68. The highest BCUT2D eigenvalue weighted by Gasteiger charge is 1.96. The summed E-state index contributed by atoms with van der Waals surface area (Å²) in [4.78, 5) is 0. The summed E-state index contributed by atoms with van der Waals surface area (Å²) in [7, 11) is 0. The van der Waals surface area contributed by atoms with Gasteiger partial charge in [0.2, 0.25) is 0 Å². The minimum atomic E-state index is 0.927. The first-order chi connectivity index (χ1) is 9.81. The van der Waals surface area contributed by atoms with Crippen LogP contribution in [0.1, 0.15) is 111 Å². The maximum absolute atomic E-state index is 2.42. The molecule has 0 saturated heterocycles. The zero-order valence-electron chi connectivity index (χ0n) is 14.6. The smallest absolute Gasteiger partial charge is 0.0351 e. The van der Waals surface area contributed by atoms with Crippen LogP contribution in [0.3, 0.4) is 0 Å². The van der Waals surface area contributed by atoms with Crippen LogP contribution in [0.5, 0.6) is 0 Å². The van der Waals surface area contributed by atoms with Crippen LogP contribution in [-0.4, -0.2) is 0 Å². The zero-order chi connectivity index (χ0) is 14.9. The van der Waals surface area contributed by atoms with Crippen LogP contribution in [0.25, 0.3) is 0 Å². The Labute approximate surface area is 129 Å². The molecule has 0 bridgehead atoms. The summed E-state index contributed by atoms with van der Waals surface area (Å²) in [6, 6.07) is 0. The Bertz CT molecular complexity index is 192. The summed E-state index contributed by atoms with van der Waals surface area (Å²) in [6.45, 7) is 6.96. The third-order valence-electron chi connectivity index (χ3n) is 4.41. The molecule has 0 amide bonds. The Balaban J connectivity index is 3.09. The van der Waals surface area contributed by atoms with Crippen molar-refractivity contribution in [2.75, 3.05) is 0 Å². The molecular formula is C20H40. The number of unbranched alkanes of at least 4 members (excludes halogenated alkanes) is 10. The van der Waals surface area contributed by atoms with Gasteiger partial charge in [-0.1, -0.05) is 97.1 Å². The molecule has 0 unspecified atom stereocenters. The minimum Gasteiger partial charge on any atom is -0.0885 e. The van der Waals surface area contributed by atoms with Gasteiger partial charge in [-0.2, -0.15) is 0 Å². The second-order valence-electron chi connectivity index (χ2n) is 6.53. The molecule has 0 radical (unpaired) electrons. The number of hydrogen-bond donors (Lipinski definition) is 0. The minimum absolute atomic E-state index is 0.927. The molecule has 20 heavy (non-hydrogen) atoms. The molecule has 0 aromatic carbocycles. The van der Waals surface area contributed by atoms with Crippen molar-refractivity contribution in [1.82, 2.24) is 0 Å². The van der Waals surface area contributed by atoms with Gasteiger partial charge < -0.3 is 0 Å². The lowest BCUT2D eigenvalue weighted by Crippen LogP contribution is -1.90. The Morgan fingerprint density at radius 2 is 1.15 bits per heavy atom. The molecule has 0 saturated carbocycles. The molecule has 0 fully saturated rings. The van der Waals surface area contributed by atoms with E-state index >= 15 is 0 Å². The predicted molar refractivity (Wildman–Crippen MR) is 94.3 cm³/mol. The van der Waals surface area contributed by atoms with E-state index in [2.05, 4.69) is 32.9 Å². The lowest BCUT2D eigenvalue weighted by molar-refractivity contribution is 0.486. The van der Waals surface area contributed by atoms with Gasteiger partial charge >= 0.3 is 0 Å². The Morgan fingerprint density at radius 1 is 0.650 bits per heavy atom. The lowest BCUT2D eigenvalue weighted by Gasteiger charge is -2.06. The molecular weight excluding hydrogens is 240 g/mol. The van der Waals surface area contributed by atoms with Crippen molar-refractivity contribution in [3.8, 4) is 0 Å². The van der Waals surface area contributed by atoms with Gasteiger partial charge in [0.1, 0.15) is 0 Å². The molecule has 120 valence electrons. The number of rotatable bonds is 15. The molecule has 0 rings (SSSR count). The Kier molecular flexibility index (Phi) is 16.6. The summed E-state index contributed by atoms with van der Waals surface area (Å²) in [5, 5.41) is 0. The molecule has 0 aromatic heterocycles. The summed E-state index contributed by atoms with van der Waals surface area (Å²) in [5.74, 6) is 0.927. The normalized spacial score (nSPS) is 13.2. The van der Waals surface area contributed by atoms with E-state index in [0.29, 0.717) is 0 Å². The van der Waals surface area contributed by atoms with E-state index in [1.807, 2.05) is 0 Å². The first-order valence-electron chi connectivity index (χ1n) is 9.46. The molecule has 1 atom stereocenters. The van der Waals surface area contributed by atoms with Crippen molar-refractivity contribution < 1.29 is 0 Å². The summed E-state index contributed by atoms with van der Waals surface area (Å²) in [5.41, 5.74) is 0. The molecule has 0 heterocycles. The maximum Gasteiger partial charge on any atom is -0.0351 e. The molecule has 0 heteroatoms. The molecule has 0 aliphatic heterocycles. The van der Waals surface area contributed by atoms with Gasteiger partial charge in [-0.3, -0.25) is 0 Å². The fraction of sp³-hybridized carbons (Fsp3) is 0.900. The van der Waals surface area contributed by atoms with Crippen LogP contribution < -0.4 is 0 Å². The highest BCUT2D eigenvalue weighted by Crippen LogP contribution is 2.13. The van der Waals surface area contributed by atoms with Crippen LogP contribution in [0, 0.1) is 5.92 Å². The van der Waals surface area contributed by atoms with Crippen LogP contribution in [-0.2, 0) is 0 Å². The van der Waals surface area contributed by atoms with E-state index in [4.69, 9.17) is 0 Å². The highest BCUT2D eigenvalue weighted by molar-refractivity contribution is 4.81. The van der Waals surface area contributed by atoms with E-state index in [0.717, 1.165) is 5.92 Å². The molecule has 0 aliphatic rings. The van der Waals surface area contributed by atoms with Crippen LogP contribution >= 0.6 is 0 Å². The van der Waals surface area contributed by atoms with E-state index < -0.39 is 0 Å². The van der Waals surface area contributed by atoms with E-state index in [1.54, 1.807) is 0 Å². The fourth-order valence-corrected chi connectivity index (χ4v) is 2.59. The average molecular weight is 281 g/mol. The second-order valence-corrected chi connectivity index (χ2v) is 6.53. The van der Waals surface area contributed by atoms with Crippen molar-refractivity contribution in [3.05, 3.63) is 12.2 Å². The van der Waals surface area contributed by atoms with Gasteiger partial charge in [0, 0.05) is 0 Å². The molecule has 0 spiro atoms. The van der Waals surface area contributed by atoms with Crippen molar-refractivity contribution >= 4 is 0 Å². The largest absolute Gasteiger partial charge is 0.0885 e. The third-order valence-corrected chi connectivity index (χ3v) is 4.41. The van der Waals surface area contributed by atoms with Crippen molar-refractivity contribution in [2.45, 2.75) is 111 Å². The van der Waals surface area contributed by atoms with E-state index in [1.165, 1.54) is 89.9 Å². The van der Waals surface area contributed by atoms with Crippen molar-refractivity contribution in [3.63, 3.8) is 0 Å². The van der Waals surface area contributed by atoms with Gasteiger partial charge in [0.05, 0.1) is 0 Å². The SMILES string of the molecule is CCCCCCCCCC/C=C\CCCC[C@@H](C)CC. The lowest BCUT2D eigenvalue weighted by atomic mass is 10.0. The van der Waals surface area contributed by atoms with Crippen LogP contribution in [0.15, 0.2) is 12.2 Å². The molecule has 0 nitrogen and oxygen atoms in total. The standard InChI is InChI=1S/C20H40/c1-4-6-7-8-9-10-11-12-13-14-15-16-17-18-19-20(3)5-2/h14-15,20H,4-13,16-19H2,1-3H3/b15-14-/t20-/m0/s1. The van der Waals surface area contributed by atoms with Crippen molar-refractivity contribution in [1.29, 1.82) is 0 Å². The Morgan fingerprint density at radius 3 is 1.70 bits per heavy atom. The van der Waals surface area contributed by atoms with Crippen LogP contribution in [0.2, 0.25) is 0 Å². The van der Waals surface area contributed by atoms with Gasteiger partial charge in [-0.05, 0) is 31.6 Å². The first kappa shape index (κ1) is 19.7. The molecule has 0 N–H and O–H groups in total. The average Bonchev–Trinajstić information content (AvgIpc) is 2.47. The van der Waals surface area contributed by atoms with Crippen molar-refractivity contribution in [2.24, 2.45) is 5.92 Å². The summed E-state index contributed by atoms with van der Waals surface area (Å²) in [6.07, 6.45) is 24.4. The van der Waals surface area contributed by atoms with Gasteiger partial charge in [0.25, 0.3) is 0 Å². The monoisotopic (exact) mass is 280 g/mol. The van der Waals surface area contributed by atoms with Gasteiger partial charge in [-0.25, -0.2) is 0 Å². The topological polar surface area (TPSA) is 0 Å². The molecule has 0 aromatic rings. The number of allylic oxidation sites excluding steroid dienone is 2. The quantitative estimate of drug-likeness (QED) is 0.213. The maximum atomic E-state index is 2.42. The van der Waals surface area contributed by atoms with Gasteiger partial charge in [-0.15, -0.1) is 0 Å². The Hall–Kier alpha value is -0.260. The zero-order valence-corrected chi connectivity index (χ0v) is 14.6. The number of hydrogen-bond acceptors (Lipinski definition) is 0. The fourth-order valence-electron chi connectivity index (χ4n) is 2.59. The molecule has 0 aliphatic carbocycles. The van der Waals surface area contributed by atoms with Gasteiger partial charge in [0.15, 0.2) is 0 Å². The first-order valence-corrected chi connectivity index (χ1v) is 9.46.